The van der Waals surface area contributed by atoms with E-state index in [0.29, 0.717) is 12.0 Å². The van der Waals surface area contributed by atoms with Gasteiger partial charge in [0.2, 0.25) is 5.91 Å². The molecular weight excluding hydrogens is 164 g/mol. The van der Waals surface area contributed by atoms with Crippen molar-refractivity contribution in [3.8, 4) is 0 Å². The number of nitrogens with two attached hydrogens (primary N) is 1. The van der Waals surface area contributed by atoms with Gasteiger partial charge in [-0.2, -0.15) is 0 Å². The van der Waals surface area contributed by atoms with Crippen LogP contribution in [0.3, 0.4) is 0 Å². The van der Waals surface area contributed by atoms with Crippen LogP contribution < -0.4 is 11.1 Å². The van der Waals surface area contributed by atoms with Gasteiger partial charge in [0.05, 0.1) is 0 Å². The molecule has 0 aromatic carbocycles. The van der Waals surface area contributed by atoms with Gasteiger partial charge in [-0.05, 0) is 37.5 Å². The van der Waals surface area contributed by atoms with Crippen LogP contribution in [0.25, 0.3) is 0 Å². The molecule has 0 saturated heterocycles. The molecule has 3 fully saturated rings. The van der Waals surface area contributed by atoms with Crippen molar-refractivity contribution in [1.82, 2.24) is 5.32 Å². The van der Waals surface area contributed by atoms with Crippen molar-refractivity contribution >= 4 is 5.91 Å². The standard InChI is InChI=1S/C10H16N2O/c11-8-4-9(8)12-10(13)7-2-5-1-6(5)3-7/h5-9H,1-4,11H2,(H,12,13). The summed E-state index contributed by atoms with van der Waals surface area (Å²) < 4.78 is 0. The Labute approximate surface area is 78.1 Å². The average molecular weight is 180 g/mol. The Kier molecular flexibility index (Phi) is 1.48. The van der Waals surface area contributed by atoms with Crippen LogP contribution in [0.1, 0.15) is 25.7 Å². The van der Waals surface area contributed by atoms with Crippen molar-refractivity contribution in [3.05, 3.63) is 0 Å². The summed E-state index contributed by atoms with van der Waals surface area (Å²) in [6, 6.07) is 0.532. The van der Waals surface area contributed by atoms with Crippen molar-refractivity contribution < 1.29 is 4.79 Å². The molecule has 4 atom stereocenters. The van der Waals surface area contributed by atoms with Crippen LogP contribution in [0.5, 0.6) is 0 Å². The van der Waals surface area contributed by atoms with Crippen molar-refractivity contribution in [2.45, 2.75) is 37.8 Å². The molecule has 0 bridgehead atoms. The second-order valence-corrected chi connectivity index (χ2v) is 4.94. The largest absolute Gasteiger partial charge is 0.352 e. The van der Waals surface area contributed by atoms with E-state index >= 15 is 0 Å². The highest BCUT2D eigenvalue weighted by atomic mass is 16.2. The van der Waals surface area contributed by atoms with Crippen LogP contribution in [-0.2, 0) is 4.79 Å². The van der Waals surface area contributed by atoms with Gasteiger partial charge in [0.1, 0.15) is 0 Å². The molecule has 0 heterocycles. The summed E-state index contributed by atoms with van der Waals surface area (Å²) in [7, 11) is 0. The number of rotatable bonds is 2. The lowest BCUT2D eigenvalue weighted by Crippen LogP contribution is -2.34. The van der Waals surface area contributed by atoms with Crippen LogP contribution in [-0.4, -0.2) is 18.0 Å². The SMILES string of the molecule is NC1CC1NC(=O)C1CC2CC2C1. The van der Waals surface area contributed by atoms with E-state index in [-0.39, 0.29) is 11.9 Å². The van der Waals surface area contributed by atoms with Crippen LogP contribution >= 0.6 is 0 Å². The normalized spacial score (nSPS) is 51.3. The lowest BCUT2D eigenvalue weighted by Gasteiger charge is -2.11. The molecule has 72 valence electrons. The summed E-state index contributed by atoms with van der Waals surface area (Å²) in [6.07, 6.45) is 4.63. The number of fused-ring (bicyclic) bond motifs is 1. The number of nitrogens with one attached hydrogen (secondary N) is 1. The molecule has 0 aliphatic heterocycles. The molecular formula is C10H16N2O. The minimum Gasteiger partial charge on any atom is -0.352 e. The van der Waals surface area contributed by atoms with Crippen molar-refractivity contribution in [2.75, 3.05) is 0 Å². The fourth-order valence-electron chi connectivity index (χ4n) is 2.61. The first-order chi connectivity index (χ1) is 6.24. The molecule has 0 aromatic rings. The fourth-order valence-corrected chi connectivity index (χ4v) is 2.61. The van der Waals surface area contributed by atoms with Gasteiger partial charge in [-0.15, -0.1) is 0 Å². The zero-order chi connectivity index (χ0) is 9.00. The first kappa shape index (κ1) is 7.80. The maximum absolute atomic E-state index is 11.6. The number of hydrogen-bond donors (Lipinski definition) is 2. The molecule has 3 aliphatic carbocycles. The van der Waals surface area contributed by atoms with Gasteiger partial charge >= 0.3 is 0 Å². The maximum atomic E-state index is 11.6. The minimum absolute atomic E-state index is 0.236. The molecule has 3 nitrogen and oxygen atoms in total. The predicted molar refractivity (Wildman–Crippen MR) is 48.8 cm³/mol. The smallest absolute Gasteiger partial charge is 0.223 e. The van der Waals surface area contributed by atoms with E-state index in [2.05, 4.69) is 5.32 Å². The lowest BCUT2D eigenvalue weighted by molar-refractivity contribution is -0.125. The summed E-state index contributed by atoms with van der Waals surface area (Å²) in [5.74, 6) is 2.37. The molecule has 3 rings (SSSR count). The number of carbonyl (C=O) groups is 1. The topological polar surface area (TPSA) is 55.1 Å². The third-order valence-electron chi connectivity index (χ3n) is 3.78. The summed E-state index contributed by atoms with van der Waals surface area (Å²) in [5, 5.41) is 3.02. The quantitative estimate of drug-likeness (QED) is 0.640. The minimum atomic E-state index is 0.236. The lowest BCUT2D eigenvalue weighted by atomic mass is 10.0. The highest BCUT2D eigenvalue weighted by Crippen LogP contribution is 2.54. The summed E-state index contributed by atoms with van der Waals surface area (Å²) in [5.41, 5.74) is 5.63. The molecule has 4 unspecified atom stereocenters. The molecule has 0 spiro atoms. The van der Waals surface area contributed by atoms with Gasteiger partial charge in [0.25, 0.3) is 0 Å². The highest BCUT2D eigenvalue weighted by Gasteiger charge is 2.48. The molecule has 3 heteroatoms. The highest BCUT2D eigenvalue weighted by molar-refractivity contribution is 5.80. The first-order valence-corrected chi connectivity index (χ1v) is 5.30. The van der Waals surface area contributed by atoms with Crippen LogP contribution in [0.15, 0.2) is 0 Å². The summed E-state index contributed by atoms with van der Waals surface area (Å²) in [6.45, 7) is 0. The Bertz CT molecular complexity index is 243. The average Bonchev–Trinajstić information content (AvgIpc) is 2.95. The van der Waals surface area contributed by atoms with E-state index in [1.165, 1.54) is 6.42 Å². The van der Waals surface area contributed by atoms with E-state index < -0.39 is 0 Å². The maximum Gasteiger partial charge on any atom is 0.223 e. The second kappa shape index (κ2) is 2.47. The zero-order valence-electron chi connectivity index (χ0n) is 7.70. The molecule has 3 aliphatic rings. The monoisotopic (exact) mass is 180 g/mol. The molecule has 3 N–H and O–H groups in total. The predicted octanol–water partition coefficient (Wildman–Crippen LogP) is 0.248. The number of amides is 1. The molecule has 0 aromatic heterocycles. The number of carbonyl (C=O) groups excluding carboxylic acids is 1. The van der Waals surface area contributed by atoms with Gasteiger partial charge < -0.3 is 11.1 Å². The van der Waals surface area contributed by atoms with E-state index in [1.54, 1.807) is 0 Å². The summed E-state index contributed by atoms with van der Waals surface area (Å²) >= 11 is 0. The third-order valence-corrected chi connectivity index (χ3v) is 3.78. The van der Waals surface area contributed by atoms with Crippen LogP contribution in [0.2, 0.25) is 0 Å². The summed E-state index contributed by atoms with van der Waals surface area (Å²) in [4.78, 5) is 11.6. The van der Waals surface area contributed by atoms with Gasteiger partial charge in [0.15, 0.2) is 0 Å². The molecule has 13 heavy (non-hydrogen) atoms. The zero-order valence-corrected chi connectivity index (χ0v) is 7.70. The van der Waals surface area contributed by atoms with Gasteiger partial charge in [-0.25, -0.2) is 0 Å². The Balaban J connectivity index is 1.51. The van der Waals surface area contributed by atoms with Crippen molar-refractivity contribution in [3.63, 3.8) is 0 Å². The van der Waals surface area contributed by atoms with E-state index in [9.17, 15) is 4.79 Å². The van der Waals surface area contributed by atoms with Crippen molar-refractivity contribution in [2.24, 2.45) is 23.5 Å². The van der Waals surface area contributed by atoms with Gasteiger partial charge in [0, 0.05) is 18.0 Å². The van der Waals surface area contributed by atoms with Gasteiger partial charge in [-0.1, -0.05) is 0 Å². The third kappa shape index (κ3) is 1.35. The van der Waals surface area contributed by atoms with E-state index in [1.807, 2.05) is 0 Å². The molecule has 3 saturated carbocycles. The van der Waals surface area contributed by atoms with Crippen molar-refractivity contribution in [1.29, 1.82) is 0 Å². The Morgan fingerprint density at radius 1 is 1.15 bits per heavy atom. The number of hydrogen-bond acceptors (Lipinski definition) is 2. The van der Waals surface area contributed by atoms with E-state index in [4.69, 9.17) is 5.73 Å². The van der Waals surface area contributed by atoms with E-state index in [0.717, 1.165) is 31.1 Å². The Morgan fingerprint density at radius 2 is 1.77 bits per heavy atom. The van der Waals surface area contributed by atoms with Gasteiger partial charge in [-0.3, -0.25) is 4.79 Å². The van der Waals surface area contributed by atoms with Crippen LogP contribution in [0, 0.1) is 17.8 Å². The Morgan fingerprint density at radius 3 is 2.31 bits per heavy atom. The first-order valence-electron chi connectivity index (χ1n) is 5.30. The Hall–Kier alpha value is -0.570. The second-order valence-electron chi connectivity index (χ2n) is 4.94. The molecule has 0 radical (unpaired) electrons. The molecule has 1 amide bonds. The fraction of sp³-hybridized carbons (Fsp3) is 0.900. The van der Waals surface area contributed by atoms with Crippen LogP contribution in [0.4, 0.5) is 0 Å².